The van der Waals surface area contributed by atoms with E-state index in [1.807, 2.05) is 12.1 Å². The zero-order chi connectivity index (χ0) is 14.6. The number of methoxy groups -OCH3 is 1. The average Bonchev–Trinajstić information content (AvgIpc) is 2.50. The zero-order valence-electron chi connectivity index (χ0n) is 12.8. The molecular weight excluding hydrogens is 256 g/mol. The Morgan fingerprint density at radius 2 is 1.60 bits per heavy atom. The van der Waals surface area contributed by atoms with E-state index in [9.17, 15) is 0 Å². The molecule has 1 rings (SSSR count). The highest BCUT2D eigenvalue weighted by molar-refractivity contribution is 5.29. The molecule has 114 valence electrons. The Morgan fingerprint density at radius 1 is 0.950 bits per heavy atom. The largest absolute Gasteiger partial charge is 0.468 e. The maximum absolute atomic E-state index is 5.50. The van der Waals surface area contributed by atoms with Gasteiger partial charge in [-0.3, -0.25) is 0 Å². The number of hydrogen-bond donors (Lipinski definition) is 0. The first kappa shape index (κ1) is 17.0. The van der Waals surface area contributed by atoms with E-state index in [4.69, 9.17) is 18.9 Å². The summed E-state index contributed by atoms with van der Waals surface area (Å²) >= 11 is 0. The lowest BCUT2D eigenvalue weighted by atomic mass is 9.99. The summed E-state index contributed by atoms with van der Waals surface area (Å²) in [5.41, 5.74) is 1.34. The minimum Gasteiger partial charge on any atom is -0.468 e. The summed E-state index contributed by atoms with van der Waals surface area (Å²) in [5.74, 6) is 1.42. The van der Waals surface area contributed by atoms with Gasteiger partial charge in [0.05, 0.1) is 26.4 Å². The Kier molecular flexibility index (Phi) is 9.04. The summed E-state index contributed by atoms with van der Waals surface area (Å²) in [5, 5.41) is 0. The molecule has 0 saturated carbocycles. The molecule has 0 bridgehead atoms. The minimum atomic E-state index is 0.246. The quantitative estimate of drug-likeness (QED) is 0.461. The molecule has 0 saturated heterocycles. The van der Waals surface area contributed by atoms with Gasteiger partial charge in [-0.1, -0.05) is 26.0 Å². The van der Waals surface area contributed by atoms with Crippen LogP contribution in [0, 0.1) is 0 Å². The molecule has 0 spiro atoms. The first-order valence-corrected chi connectivity index (χ1v) is 7.15. The number of ether oxygens (including phenoxy) is 4. The van der Waals surface area contributed by atoms with E-state index in [0.717, 1.165) is 12.2 Å². The maximum Gasteiger partial charge on any atom is 0.189 e. The van der Waals surface area contributed by atoms with Gasteiger partial charge in [0, 0.05) is 7.11 Å². The van der Waals surface area contributed by atoms with Gasteiger partial charge in [-0.05, 0) is 30.0 Å². The molecule has 1 aromatic carbocycles. The van der Waals surface area contributed by atoms with E-state index in [2.05, 4.69) is 26.0 Å². The summed E-state index contributed by atoms with van der Waals surface area (Å²) in [6.07, 6.45) is 1.15. The second kappa shape index (κ2) is 10.7. The number of rotatable bonds is 11. The molecule has 4 heteroatoms. The molecule has 0 fully saturated rings. The van der Waals surface area contributed by atoms with Crippen LogP contribution in [0.5, 0.6) is 5.75 Å². The van der Waals surface area contributed by atoms with E-state index >= 15 is 0 Å². The van der Waals surface area contributed by atoms with Crippen molar-refractivity contribution in [2.24, 2.45) is 0 Å². The summed E-state index contributed by atoms with van der Waals surface area (Å²) in [7, 11) is 1.65. The van der Waals surface area contributed by atoms with Crippen LogP contribution in [0.1, 0.15) is 31.7 Å². The van der Waals surface area contributed by atoms with Gasteiger partial charge in [-0.2, -0.15) is 0 Å². The van der Waals surface area contributed by atoms with E-state index in [1.54, 1.807) is 7.11 Å². The third kappa shape index (κ3) is 6.89. The van der Waals surface area contributed by atoms with Gasteiger partial charge in [-0.25, -0.2) is 0 Å². The molecule has 0 aromatic heterocycles. The second-order valence-electron chi connectivity index (χ2n) is 4.65. The highest BCUT2D eigenvalue weighted by atomic mass is 16.7. The van der Waals surface area contributed by atoms with Crippen molar-refractivity contribution < 1.29 is 18.9 Å². The van der Waals surface area contributed by atoms with Crippen LogP contribution in [0.4, 0.5) is 0 Å². The fourth-order valence-electron chi connectivity index (χ4n) is 1.66. The molecule has 0 aliphatic carbocycles. The average molecular weight is 282 g/mol. The molecule has 1 aromatic rings. The molecular formula is C16H26O4. The van der Waals surface area contributed by atoms with Crippen molar-refractivity contribution >= 4 is 0 Å². The zero-order valence-corrected chi connectivity index (χ0v) is 12.8. The van der Waals surface area contributed by atoms with Gasteiger partial charge in [-0.15, -0.1) is 0 Å². The molecule has 0 radical (unpaired) electrons. The first-order chi connectivity index (χ1) is 9.77. The van der Waals surface area contributed by atoms with Gasteiger partial charge >= 0.3 is 0 Å². The highest BCUT2D eigenvalue weighted by Crippen LogP contribution is 2.21. The Hall–Kier alpha value is -1.10. The summed E-state index contributed by atoms with van der Waals surface area (Å²) in [4.78, 5) is 0. The lowest BCUT2D eigenvalue weighted by Gasteiger charge is -2.11. The van der Waals surface area contributed by atoms with Crippen molar-refractivity contribution in [3.05, 3.63) is 29.8 Å². The van der Waals surface area contributed by atoms with Crippen molar-refractivity contribution in [1.29, 1.82) is 0 Å². The summed E-state index contributed by atoms with van der Waals surface area (Å²) in [6, 6.07) is 8.19. The van der Waals surface area contributed by atoms with Crippen molar-refractivity contribution in [2.75, 3.05) is 40.3 Å². The second-order valence-corrected chi connectivity index (χ2v) is 4.65. The van der Waals surface area contributed by atoms with E-state index in [1.165, 1.54) is 5.56 Å². The van der Waals surface area contributed by atoms with Gasteiger partial charge < -0.3 is 18.9 Å². The predicted octanol–water partition coefficient (Wildman–Crippen LogP) is 3.22. The van der Waals surface area contributed by atoms with Gasteiger partial charge in [0.2, 0.25) is 0 Å². The number of hydrogen-bond acceptors (Lipinski definition) is 4. The Bertz CT molecular complexity index is 337. The van der Waals surface area contributed by atoms with Crippen molar-refractivity contribution in [1.82, 2.24) is 0 Å². The van der Waals surface area contributed by atoms with Crippen LogP contribution in [-0.4, -0.2) is 40.3 Å². The highest BCUT2D eigenvalue weighted by Gasteiger charge is 2.02. The topological polar surface area (TPSA) is 36.9 Å². The van der Waals surface area contributed by atoms with Gasteiger partial charge in [0.25, 0.3) is 0 Å². The molecule has 0 aliphatic heterocycles. The SMILES string of the molecule is CCC(C)c1ccc(OCOCCOCCOC)cc1. The van der Waals surface area contributed by atoms with Crippen LogP contribution in [0.3, 0.4) is 0 Å². The van der Waals surface area contributed by atoms with Crippen LogP contribution >= 0.6 is 0 Å². The molecule has 20 heavy (non-hydrogen) atoms. The minimum absolute atomic E-state index is 0.246. The lowest BCUT2D eigenvalue weighted by molar-refractivity contribution is -0.0236. The van der Waals surface area contributed by atoms with Gasteiger partial charge in [0.1, 0.15) is 5.75 Å². The smallest absolute Gasteiger partial charge is 0.189 e. The third-order valence-corrected chi connectivity index (χ3v) is 3.17. The fraction of sp³-hybridized carbons (Fsp3) is 0.625. The lowest BCUT2D eigenvalue weighted by Crippen LogP contribution is -2.11. The monoisotopic (exact) mass is 282 g/mol. The normalized spacial score (nSPS) is 12.3. The standard InChI is InChI=1S/C16H26O4/c1-4-14(2)15-5-7-16(8-6-15)20-13-19-12-11-18-10-9-17-3/h5-8,14H,4,9-13H2,1-3H3. The molecule has 4 nitrogen and oxygen atoms in total. The van der Waals surface area contributed by atoms with Crippen LogP contribution < -0.4 is 4.74 Å². The molecule has 0 aliphatic rings. The molecule has 0 N–H and O–H groups in total. The van der Waals surface area contributed by atoms with Gasteiger partial charge in [0.15, 0.2) is 6.79 Å². The molecule has 0 amide bonds. The van der Waals surface area contributed by atoms with Crippen molar-refractivity contribution in [2.45, 2.75) is 26.2 Å². The van der Waals surface area contributed by atoms with Crippen LogP contribution in [0.25, 0.3) is 0 Å². The fourth-order valence-corrected chi connectivity index (χ4v) is 1.66. The summed E-state index contributed by atoms with van der Waals surface area (Å²) < 4.78 is 21.0. The number of benzene rings is 1. The van der Waals surface area contributed by atoms with E-state index < -0.39 is 0 Å². The van der Waals surface area contributed by atoms with Crippen LogP contribution in [0.15, 0.2) is 24.3 Å². The summed E-state index contributed by atoms with van der Waals surface area (Å²) in [6.45, 7) is 6.95. The van der Waals surface area contributed by atoms with Crippen LogP contribution in [-0.2, 0) is 14.2 Å². The Balaban J connectivity index is 2.10. The van der Waals surface area contributed by atoms with Crippen molar-refractivity contribution in [3.63, 3.8) is 0 Å². The molecule has 1 unspecified atom stereocenters. The Morgan fingerprint density at radius 3 is 2.25 bits per heavy atom. The Labute approximate surface area is 122 Å². The molecule has 1 atom stereocenters. The first-order valence-electron chi connectivity index (χ1n) is 7.15. The van der Waals surface area contributed by atoms with Crippen LogP contribution in [0.2, 0.25) is 0 Å². The molecule has 0 heterocycles. The van der Waals surface area contributed by atoms with E-state index in [-0.39, 0.29) is 6.79 Å². The predicted molar refractivity (Wildman–Crippen MR) is 79.3 cm³/mol. The third-order valence-electron chi connectivity index (χ3n) is 3.17. The van der Waals surface area contributed by atoms with E-state index in [0.29, 0.717) is 32.3 Å². The van der Waals surface area contributed by atoms with Crippen molar-refractivity contribution in [3.8, 4) is 5.75 Å². The maximum atomic E-state index is 5.50.